The second-order valence-corrected chi connectivity index (χ2v) is 8.14. The molecule has 6 rings (SSSR count). The molecule has 10 nitrogen and oxygen atoms in total. The molecule has 6 heterocycles. The highest BCUT2D eigenvalue weighted by atomic mass is 16.4. The first kappa shape index (κ1) is 19.4. The van der Waals surface area contributed by atoms with Crippen molar-refractivity contribution in [2.45, 2.75) is 26.3 Å². The van der Waals surface area contributed by atoms with Gasteiger partial charge >= 0.3 is 11.8 Å². The van der Waals surface area contributed by atoms with Crippen LogP contribution in [0.1, 0.15) is 44.9 Å². The van der Waals surface area contributed by atoms with Crippen LogP contribution in [0.4, 0.5) is 0 Å². The minimum absolute atomic E-state index is 0.0868. The standard InChI is InChI=1S/C23H20N8O2/c1-13-5-6-16(24-11-13)21-27-28-22(33-21)23(32)30-9-7-15-19(26-12-25-15)20(30)17-10-18-14(2)4-3-8-31(18)29-17/h3-6,8,10-12,20H,7,9H2,1-2H3,(H,25,26)/t20-/m1/s1. The highest BCUT2D eigenvalue weighted by Crippen LogP contribution is 2.34. The minimum atomic E-state index is -0.473. The Kier molecular flexibility index (Phi) is 4.32. The number of fused-ring (bicyclic) bond motifs is 2. The van der Waals surface area contributed by atoms with Crippen LogP contribution in [-0.2, 0) is 6.42 Å². The molecular formula is C23H20N8O2. The molecule has 0 radical (unpaired) electrons. The zero-order valence-corrected chi connectivity index (χ0v) is 18.1. The lowest BCUT2D eigenvalue weighted by atomic mass is 9.99. The Bertz CT molecular complexity index is 1480. The third-order valence-electron chi connectivity index (χ3n) is 5.94. The Morgan fingerprint density at radius 3 is 2.91 bits per heavy atom. The van der Waals surface area contributed by atoms with Crippen LogP contribution in [0.15, 0.2) is 53.5 Å². The number of nitrogens with zero attached hydrogens (tertiary/aromatic N) is 7. The Labute approximate surface area is 188 Å². The van der Waals surface area contributed by atoms with Crippen LogP contribution >= 0.6 is 0 Å². The van der Waals surface area contributed by atoms with Crippen LogP contribution in [0.25, 0.3) is 17.1 Å². The van der Waals surface area contributed by atoms with E-state index in [0.29, 0.717) is 18.7 Å². The highest BCUT2D eigenvalue weighted by molar-refractivity contribution is 5.90. The Balaban J connectivity index is 1.40. The fraction of sp³-hybridized carbons (Fsp3) is 0.217. The lowest BCUT2D eigenvalue weighted by Crippen LogP contribution is -2.41. The number of rotatable bonds is 3. The van der Waals surface area contributed by atoms with Crippen molar-refractivity contribution in [3.8, 4) is 11.6 Å². The number of H-pyrrole nitrogens is 1. The zero-order chi connectivity index (χ0) is 22.5. The van der Waals surface area contributed by atoms with Gasteiger partial charge in [0.05, 0.1) is 23.2 Å². The summed E-state index contributed by atoms with van der Waals surface area (Å²) in [6.45, 7) is 4.44. The molecule has 1 amide bonds. The van der Waals surface area contributed by atoms with Crippen molar-refractivity contribution >= 4 is 11.4 Å². The molecule has 1 N–H and O–H groups in total. The van der Waals surface area contributed by atoms with Gasteiger partial charge in [-0.1, -0.05) is 12.1 Å². The average molecular weight is 440 g/mol. The number of imidazole rings is 1. The van der Waals surface area contributed by atoms with Crippen LogP contribution in [0.2, 0.25) is 0 Å². The van der Waals surface area contributed by atoms with Crippen LogP contribution in [0.3, 0.4) is 0 Å². The molecule has 1 atom stereocenters. The minimum Gasteiger partial charge on any atom is -0.411 e. The molecule has 5 aromatic rings. The quantitative estimate of drug-likeness (QED) is 0.458. The number of aromatic nitrogens is 7. The van der Waals surface area contributed by atoms with Gasteiger partial charge in [0.2, 0.25) is 0 Å². The maximum absolute atomic E-state index is 13.5. The van der Waals surface area contributed by atoms with Gasteiger partial charge in [-0.05, 0) is 43.2 Å². The predicted octanol–water partition coefficient (Wildman–Crippen LogP) is 2.91. The third-order valence-corrected chi connectivity index (χ3v) is 5.94. The lowest BCUT2D eigenvalue weighted by molar-refractivity contribution is 0.0646. The van der Waals surface area contributed by atoms with Gasteiger partial charge in [0.15, 0.2) is 0 Å². The Morgan fingerprint density at radius 1 is 1.18 bits per heavy atom. The first-order valence-electron chi connectivity index (χ1n) is 10.6. The molecule has 164 valence electrons. The molecule has 5 aromatic heterocycles. The second kappa shape index (κ2) is 7.37. The number of pyridine rings is 2. The number of aryl methyl sites for hydroxylation is 2. The van der Waals surface area contributed by atoms with Gasteiger partial charge in [0.25, 0.3) is 5.89 Å². The van der Waals surface area contributed by atoms with Gasteiger partial charge in [0.1, 0.15) is 11.7 Å². The normalized spacial score (nSPS) is 15.7. The number of carbonyl (C=O) groups is 1. The summed E-state index contributed by atoms with van der Waals surface area (Å²) in [5.74, 6) is -0.250. The maximum Gasteiger partial charge on any atom is 0.312 e. The smallest absolute Gasteiger partial charge is 0.312 e. The van der Waals surface area contributed by atoms with Gasteiger partial charge in [-0.2, -0.15) is 5.10 Å². The van der Waals surface area contributed by atoms with Crippen molar-refractivity contribution in [1.29, 1.82) is 0 Å². The summed E-state index contributed by atoms with van der Waals surface area (Å²) < 4.78 is 7.55. The number of carbonyl (C=O) groups excluding carboxylic acids is 1. The number of nitrogens with one attached hydrogen (secondary N) is 1. The molecule has 0 unspecified atom stereocenters. The molecule has 33 heavy (non-hydrogen) atoms. The van der Waals surface area contributed by atoms with Gasteiger partial charge in [-0.15, -0.1) is 10.2 Å². The van der Waals surface area contributed by atoms with Crippen molar-refractivity contribution in [1.82, 2.24) is 39.7 Å². The monoisotopic (exact) mass is 440 g/mol. The van der Waals surface area contributed by atoms with Crippen LogP contribution in [0, 0.1) is 13.8 Å². The average Bonchev–Trinajstić information content (AvgIpc) is 3.57. The molecule has 0 saturated heterocycles. The summed E-state index contributed by atoms with van der Waals surface area (Å²) >= 11 is 0. The van der Waals surface area contributed by atoms with Gasteiger partial charge < -0.3 is 14.3 Å². The molecule has 1 aliphatic heterocycles. The topological polar surface area (TPSA) is 118 Å². The van der Waals surface area contributed by atoms with E-state index in [4.69, 9.17) is 9.52 Å². The van der Waals surface area contributed by atoms with E-state index >= 15 is 0 Å². The van der Waals surface area contributed by atoms with E-state index in [-0.39, 0.29) is 17.7 Å². The largest absolute Gasteiger partial charge is 0.411 e. The molecule has 0 bridgehead atoms. The molecule has 0 aromatic carbocycles. The summed E-state index contributed by atoms with van der Waals surface area (Å²) in [4.78, 5) is 27.2. The maximum atomic E-state index is 13.5. The summed E-state index contributed by atoms with van der Waals surface area (Å²) in [5, 5.41) is 12.8. The number of hydrogen-bond donors (Lipinski definition) is 1. The molecule has 10 heteroatoms. The molecular weight excluding hydrogens is 420 g/mol. The van der Waals surface area contributed by atoms with Crippen LogP contribution in [0.5, 0.6) is 0 Å². The zero-order valence-electron chi connectivity index (χ0n) is 18.1. The molecule has 0 fully saturated rings. The van der Waals surface area contributed by atoms with E-state index < -0.39 is 6.04 Å². The fourth-order valence-electron chi connectivity index (χ4n) is 4.23. The van der Waals surface area contributed by atoms with Crippen molar-refractivity contribution in [3.63, 3.8) is 0 Å². The lowest BCUT2D eigenvalue weighted by Gasteiger charge is -2.32. The summed E-state index contributed by atoms with van der Waals surface area (Å²) in [7, 11) is 0. The SMILES string of the molecule is Cc1ccc(-c2nnc(C(=O)N3CCc4[nH]cnc4[C@H]3c3cc4c(C)cccn4n3)o2)nc1. The van der Waals surface area contributed by atoms with Crippen molar-refractivity contribution in [3.05, 3.63) is 83.2 Å². The molecule has 0 aliphatic carbocycles. The van der Waals surface area contributed by atoms with Crippen molar-refractivity contribution < 1.29 is 9.21 Å². The van der Waals surface area contributed by atoms with E-state index in [1.54, 1.807) is 23.5 Å². The molecule has 0 saturated carbocycles. The first-order valence-corrected chi connectivity index (χ1v) is 10.6. The summed E-state index contributed by atoms with van der Waals surface area (Å²) in [6.07, 6.45) is 5.91. The Morgan fingerprint density at radius 2 is 2.09 bits per heavy atom. The number of amides is 1. The molecule has 0 spiro atoms. The fourth-order valence-corrected chi connectivity index (χ4v) is 4.23. The highest BCUT2D eigenvalue weighted by Gasteiger charge is 2.38. The predicted molar refractivity (Wildman–Crippen MR) is 117 cm³/mol. The number of hydrogen-bond acceptors (Lipinski definition) is 7. The van der Waals surface area contributed by atoms with E-state index in [9.17, 15) is 4.79 Å². The van der Waals surface area contributed by atoms with Crippen LogP contribution in [-0.4, -0.2) is 52.1 Å². The van der Waals surface area contributed by atoms with E-state index in [1.165, 1.54) is 0 Å². The second-order valence-electron chi connectivity index (χ2n) is 8.14. The summed E-state index contributed by atoms with van der Waals surface area (Å²) in [6, 6.07) is 9.19. The van der Waals surface area contributed by atoms with Crippen molar-refractivity contribution in [2.75, 3.05) is 6.54 Å². The first-order chi connectivity index (χ1) is 16.1. The van der Waals surface area contributed by atoms with Gasteiger partial charge in [0, 0.05) is 31.1 Å². The number of aromatic amines is 1. The van der Waals surface area contributed by atoms with Gasteiger partial charge in [-0.25, -0.2) is 9.50 Å². The summed E-state index contributed by atoms with van der Waals surface area (Å²) in [5.41, 5.74) is 6.11. The van der Waals surface area contributed by atoms with Gasteiger partial charge in [-0.3, -0.25) is 9.78 Å². The van der Waals surface area contributed by atoms with E-state index in [0.717, 1.165) is 33.7 Å². The van der Waals surface area contributed by atoms with E-state index in [1.807, 2.05) is 48.8 Å². The third kappa shape index (κ3) is 3.18. The molecule has 1 aliphatic rings. The Hall–Kier alpha value is -4.34. The van der Waals surface area contributed by atoms with Crippen LogP contribution < -0.4 is 0 Å². The van der Waals surface area contributed by atoms with E-state index in [2.05, 4.69) is 25.1 Å². The van der Waals surface area contributed by atoms with Crippen molar-refractivity contribution in [2.24, 2.45) is 0 Å².